The number of esters is 2. The van der Waals surface area contributed by atoms with Crippen molar-refractivity contribution in [3.8, 4) is 0 Å². The molecule has 0 fully saturated rings. The molecule has 0 saturated heterocycles. The van der Waals surface area contributed by atoms with Crippen LogP contribution in [-0.4, -0.2) is 47.3 Å². The molecular formula is C23H42O8. The Morgan fingerprint density at radius 1 is 0.710 bits per heavy atom. The van der Waals surface area contributed by atoms with Crippen LogP contribution >= 0.6 is 0 Å². The molecule has 2 N–H and O–H groups in total. The summed E-state index contributed by atoms with van der Waals surface area (Å²) in [5, 5.41) is 17.6. The molecule has 0 aliphatic carbocycles. The molecule has 4 unspecified atom stereocenters. The van der Waals surface area contributed by atoms with Gasteiger partial charge in [0.2, 0.25) is 0 Å². The molecule has 0 rings (SSSR count). The molecule has 0 saturated carbocycles. The van der Waals surface area contributed by atoms with Gasteiger partial charge in [0.15, 0.2) is 0 Å². The minimum Gasteiger partial charge on any atom is -0.481 e. The monoisotopic (exact) mass is 446 g/mol. The van der Waals surface area contributed by atoms with Crippen LogP contribution in [0.15, 0.2) is 0 Å². The van der Waals surface area contributed by atoms with Crippen LogP contribution in [0.4, 0.5) is 0 Å². The van der Waals surface area contributed by atoms with Crippen molar-refractivity contribution in [3.63, 3.8) is 0 Å². The Morgan fingerprint density at radius 3 is 1.42 bits per heavy atom. The van der Waals surface area contributed by atoms with Crippen LogP contribution in [0.25, 0.3) is 0 Å². The van der Waals surface area contributed by atoms with Crippen molar-refractivity contribution in [2.45, 2.75) is 80.6 Å². The van der Waals surface area contributed by atoms with Crippen LogP contribution in [-0.2, 0) is 28.7 Å². The maximum atomic E-state index is 11.9. The fraction of sp³-hybridized carbons (Fsp3) is 0.826. The first-order chi connectivity index (χ1) is 14.5. The quantitative estimate of drug-likeness (QED) is 0.376. The van der Waals surface area contributed by atoms with Gasteiger partial charge in [0.1, 0.15) is 0 Å². The minimum atomic E-state index is -1.02. The Balaban J connectivity index is 0. The van der Waals surface area contributed by atoms with E-state index in [4.69, 9.17) is 19.7 Å². The Hall–Kier alpha value is -2.12. The molecule has 0 heterocycles. The van der Waals surface area contributed by atoms with Gasteiger partial charge in [0, 0.05) is 0 Å². The highest BCUT2D eigenvalue weighted by molar-refractivity contribution is 5.82. The van der Waals surface area contributed by atoms with E-state index in [1.54, 1.807) is 34.6 Å². The SMILES string of the molecule is CCC(C(=O)O)C(C(=O)O)C(C)C.CCCCC(C(=O)OCC)C(CC)C(=O)OCC. The van der Waals surface area contributed by atoms with Crippen LogP contribution < -0.4 is 0 Å². The van der Waals surface area contributed by atoms with Crippen molar-refractivity contribution < 1.29 is 38.9 Å². The summed E-state index contributed by atoms with van der Waals surface area (Å²) in [7, 11) is 0. The van der Waals surface area contributed by atoms with Crippen LogP contribution in [0, 0.1) is 29.6 Å². The zero-order valence-electron chi connectivity index (χ0n) is 20.2. The largest absolute Gasteiger partial charge is 0.481 e. The first kappa shape index (κ1) is 31.1. The summed E-state index contributed by atoms with van der Waals surface area (Å²) in [6.07, 6.45) is 3.55. The zero-order chi connectivity index (χ0) is 24.6. The van der Waals surface area contributed by atoms with Crippen LogP contribution in [0.2, 0.25) is 0 Å². The second-order valence-corrected chi connectivity index (χ2v) is 7.73. The number of hydrogen-bond acceptors (Lipinski definition) is 6. The average Bonchev–Trinajstić information content (AvgIpc) is 2.68. The summed E-state index contributed by atoms with van der Waals surface area (Å²) < 4.78 is 10.1. The van der Waals surface area contributed by atoms with Gasteiger partial charge in [-0.3, -0.25) is 19.2 Å². The normalized spacial score (nSPS) is 14.5. The number of rotatable bonds is 14. The molecule has 0 spiro atoms. The summed E-state index contributed by atoms with van der Waals surface area (Å²) in [4.78, 5) is 45.3. The second kappa shape index (κ2) is 17.5. The lowest BCUT2D eigenvalue weighted by Crippen LogP contribution is -2.33. The standard InChI is InChI=1S/C14H26O4.C9H16O4/c1-5-9-10-12(14(16)18-8-4)11(6-2)13(15)17-7-3;1-4-6(8(10)11)7(5(2)3)9(12)13/h11-12H,5-10H2,1-4H3;5-7H,4H2,1-3H3,(H,10,11)(H,12,13). The van der Waals surface area contributed by atoms with E-state index in [-0.39, 0.29) is 29.7 Å². The summed E-state index contributed by atoms with van der Waals surface area (Å²) in [6, 6.07) is 0. The Bertz CT molecular complexity index is 544. The third-order valence-electron chi connectivity index (χ3n) is 5.17. The van der Waals surface area contributed by atoms with Crippen LogP contribution in [0.5, 0.6) is 0 Å². The summed E-state index contributed by atoms with van der Waals surface area (Å²) in [5.74, 6) is -5.07. The number of carboxylic acid groups (broad SMARTS) is 2. The van der Waals surface area contributed by atoms with Gasteiger partial charge in [-0.05, 0) is 39.0 Å². The van der Waals surface area contributed by atoms with E-state index in [0.717, 1.165) is 12.8 Å². The van der Waals surface area contributed by atoms with Gasteiger partial charge < -0.3 is 19.7 Å². The lowest BCUT2D eigenvalue weighted by atomic mass is 9.82. The van der Waals surface area contributed by atoms with E-state index in [0.29, 0.717) is 32.5 Å². The fourth-order valence-electron chi connectivity index (χ4n) is 3.53. The maximum absolute atomic E-state index is 11.9. The minimum absolute atomic E-state index is 0.154. The van der Waals surface area contributed by atoms with Gasteiger partial charge >= 0.3 is 23.9 Å². The molecule has 182 valence electrons. The van der Waals surface area contributed by atoms with Crippen molar-refractivity contribution in [2.24, 2.45) is 29.6 Å². The molecule has 0 amide bonds. The first-order valence-corrected chi connectivity index (χ1v) is 11.3. The molecule has 31 heavy (non-hydrogen) atoms. The summed E-state index contributed by atoms with van der Waals surface area (Å²) in [5.41, 5.74) is 0. The van der Waals surface area contributed by atoms with Crippen molar-refractivity contribution in [2.75, 3.05) is 13.2 Å². The van der Waals surface area contributed by atoms with E-state index in [2.05, 4.69) is 6.92 Å². The number of aliphatic carboxylic acids is 2. The zero-order valence-corrected chi connectivity index (χ0v) is 20.2. The molecule has 0 radical (unpaired) electrons. The molecule has 0 aliphatic rings. The average molecular weight is 447 g/mol. The second-order valence-electron chi connectivity index (χ2n) is 7.73. The number of carbonyl (C=O) groups excluding carboxylic acids is 2. The van der Waals surface area contributed by atoms with Crippen LogP contribution in [0.1, 0.15) is 80.6 Å². The van der Waals surface area contributed by atoms with E-state index >= 15 is 0 Å². The highest BCUT2D eigenvalue weighted by atomic mass is 16.5. The number of hydrogen-bond donors (Lipinski definition) is 2. The first-order valence-electron chi connectivity index (χ1n) is 11.3. The third kappa shape index (κ3) is 11.7. The van der Waals surface area contributed by atoms with Gasteiger partial charge in [-0.1, -0.05) is 47.5 Å². The summed E-state index contributed by atoms with van der Waals surface area (Å²) >= 11 is 0. The number of carboxylic acids is 2. The highest BCUT2D eigenvalue weighted by Crippen LogP contribution is 2.25. The molecule has 0 aliphatic heterocycles. The lowest BCUT2D eigenvalue weighted by molar-refractivity contribution is -0.160. The van der Waals surface area contributed by atoms with E-state index < -0.39 is 23.8 Å². The van der Waals surface area contributed by atoms with Crippen molar-refractivity contribution >= 4 is 23.9 Å². The Morgan fingerprint density at radius 2 is 1.16 bits per heavy atom. The van der Waals surface area contributed by atoms with Gasteiger partial charge in [-0.2, -0.15) is 0 Å². The molecule has 0 aromatic carbocycles. The lowest BCUT2D eigenvalue weighted by Gasteiger charge is -2.22. The van der Waals surface area contributed by atoms with Crippen LogP contribution in [0.3, 0.4) is 0 Å². The molecule has 0 bridgehead atoms. The highest BCUT2D eigenvalue weighted by Gasteiger charge is 2.35. The number of unbranched alkanes of at least 4 members (excludes halogenated alkanes) is 1. The Labute approximate surface area is 186 Å². The molecule has 4 atom stereocenters. The smallest absolute Gasteiger partial charge is 0.309 e. The topological polar surface area (TPSA) is 127 Å². The number of ether oxygens (including phenoxy) is 2. The van der Waals surface area contributed by atoms with Gasteiger partial charge in [0.05, 0.1) is 36.9 Å². The van der Waals surface area contributed by atoms with E-state index in [1.807, 2.05) is 6.92 Å². The van der Waals surface area contributed by atoms with Crippen molar-refractivity contribution in [3.05, 3.63) is 0 Å². The maximum Gasteiger partial charge on any atom is 0.309 e. The number of carbonyl (C=O) groups is 4. The van der Waals surface area contributed by atoms with Crippen molar-refractivity contribution in [1.82, 2.24) is 0 Å². The fourth-order valence-corrected chi connectivity index (χ4v) is 3.53. The molecule has 0 aromatic heterocycles. The molecular weight excluding hydrogens is 404 g/mol. The third-order valence-corrected chi connectivity index (χ3v) is 5.17. The predicted octanol–water partition coefficient (Wildman–Crippen LogP) is 4.40. The predicted molar refractivity (Wildman–Crippen MR) is 117 cm³/mol. The Kier molecular flexibility index (Phi) is 17.6. The molecule has 8 nitrogen and oxygen atoms in total. The van der Waals surface area contributed by atoms with Crippen molar-refractivity contribution in [1.29, 1.82) is 0 Å². The van der Waals surface area contributed by atoms with Gasteiger partial charge in [-0.15, -0.1) is 0 Å². The van der Waals surface area contributed by atoms with Gasteiger partial charge in [-0.25, -0.2) is 0 Å². The van der Waals surface area contributed by atoms with E-state index in [1.165, 1.54) is 0 Å². The summed E-state index contributed by atoms with van der Waals surface area (Å²) in [6.45, 7) is 13.4. The molecule has 8 heteroatoms. The van der Waals surface area contributed by atoms with E-state index in [9.17, 15) is 19.2 Å². The van der Waals surface area contributed by atoms with Gasteiger partial charge in [0.25, 0.3) is 0 Å². The molecule has 0 aromatic rings.